The number of ether oxygens (including phenoxy) is 2. The largest absolute Gasteiger partial charge is 0.465 e. The highest BCUT2D eigenvalue weighted by Crippen LogP contribution is 2.24. The predicted octanol–water partition coefficient (Wildman–Crippen LogP) is 0.658. The van der Waals surface area contributed by atoms with Crippen LogP contribution in [-0.2, 0) is 23.9 Å². The lowest BCUT2D eigenvalue weighted by atomic mass is 10.2. The topological polar surface area (TPSA) is 72.9 Å². The summed E-state index contributed by atoms with van der Waals surface area (Å²) in [7, 11) is 2.29. The van der Waals surface area contributed by atoms with Crippen LogP contribution in [0.1, 0.15) is 26.7 Å². The Morgan fingerprint density at radius 1 is 1.00 bits per heavy atom. The zero-order chi connectivity index (χ0) is 14.6. The number of hydrogen-bond acceptors (Lipinski definition) is 5. The van der Waals surface area contributed by atoms with Crippen LogP contribution >= 0.6 is 0 Å². The number of amides is 1. The number of hydrogen-bond donors (Lipinski definition) is 0. The van der Waals surface area contributed by atoms with E-state index in [1.165, 1.54) is 0 Å². The molecule has 0 saturated carbocycles. The molecule has 106 valence electrons. The normalized spacial score (nSPS) is 21.8. The first kappa shape index (κ1) is 15.2. The Labute approximate surface area is 112 Å². The molecule has 0 spiro atoms. The van der Waals surface area contributed by atoms with Crippen molar-refractivity contribution in [1.82, 2.24) is 4.90 Å². The van der Waals surface area contributed by atoms with E-state index in [-0.39, 0.29) is 23.6 Å². The Balaban J connectivity index is 2.98. The molecule has 0 aromatic heterocycles. The lowest BCUT2D eigenvalue weighted by molar-refractivity contribution is -0.144. The molecule has 0 bridgehead atoms. The van der Waals surface area contributed by atoms with Crippen LogP contribution in [0.25, 0.3) is 0 Å². The molecule has 0 N–H and O–H groups in total. The van der Waals surface area contributed by atoms with Gasteiger partial charge >= 0.3 is 11.9 Å². The van der Waals surface area contributed by atoms with Gasteiger partial charge in [-0.2, -0.15) is 0 Å². The number of nitrogens with zero attached hydrogens (tertiary/aromatic N) is 1. The molecule has 0 aromatic carbocycles. The van der Waals surface area contributed by atoms with Crippen molar-refractivity contribution < 1.29 is 23.9 Å². The van der Waals surface area contributed by atoms with Crippen LogP contribution in [0.2, 0.25) is 0 Å². The molecule has 0 aliphatic carbocycles. The molecular weight excluding hydrogens is 250 g/mol. The summed E-state index contributed by atoms with van der Waals surface area (Å²) in [6, 6.07) is 0.186. The van der Waals surface area contributed by atoms with Gasteiger partial charge in [-0.25, -0.2) is 9.59 Å². The number of carbonyl (C=O) groups is 3. The molecule has 1 heterocycles. The Hall–Kier alpha value is -1.85. The maximum Gasteiger partial charge on any atom is 0.345 e. The Bertz CT molecular complexity index is 387. The third kappa shape index (κ3) is 3.33. The molecule has 6 nitrogen and oxygen atoms in total. The van der Waals surface area contributed by atoms with Crippen LogP contribution in [0.4, 0.5) is 0 Å². The van der Waals surface area contributed by atoms with Gasteiger partial charge < -0.3 is 14.4 Å². The van der Waals surface area contributed by atoms with Gasteiger partial charge in [-0.3, -0.25) is 4.79 Å². The molecule has 1 saturated heterocycles. The van der Waals surface area contributed by atoms with Crippen molar-refractivity contribution >= 4 is 17.8 Å². The number of esters is 2. The first-order valence-electron chi connectivity index (χ1n) is 6.13. The zero-order valence-electron chi connectivity index (χ0n) is 11.6. The van der Waals surface area contributed by atoms with Gasteiger partial charge in [0.05, 0.1) is 14.2 Å². The second-order valence-corrected chi connectivity index (χ2v) is 4.56. The summed E-state index contributed by atoms with van der Waals surface area (Å²) in [6.07, 6.45) is 2.81. The lowest BCUT2D eigenvalue weighted by Crippen LogP contribution is -2.38. The minimum absolute atomic E-state index is 0.0929. The molecular formula is C13H19NO5. The predicted molar refractivity (Wildman–Crippen MR) is 67.1 cm³/mol. The van der Waals surface area contributed by atoms with E-state index in [1.54, 1.807) is 4.90 Å². The highest BCUT2D eigenvalue weighted by molar-refractivity contribution is 6.17. The first-order valence-corrected chi connectivity index (χ1v) is 6.13. The Morgan fingerprint density at radius 3 is 1.79 bits per heavy atom. The van der Waals surface area contributed by atoms with E-state index in [1.807, 2.05) is 13.8 Å². The number of methoxy groups -OCH3 is 2. The third-order valence-electron chi connectivity index (χ3n) is 3.28. The van der Waals surface area contributed by atoms with E-state index in [2.05, 4.69) is 9.47 Å². The quantitative estimate of drug-likeness (QED) is 0.326. The Morgan fingerprint density at radius 2 is 1.42 bits per heavy atom. The van der Waals surface area contributed by atoms with Crippen LogP contribution in [0.3, 0.4) is 0 Å². The summed E-state index contributed by atoms with van der Waals surface area (Å²) in [5.74, 6) is -2.12. The second-order valence-electron chi connectivity index (χ2n) is 4.56. The van der Waals surface area contributed by atoms with Gasteiger partial charge in [-0.1, -0.05) is 0 Å². The summed E-state index contributed by atoms with van der Waals surface area (Å²) >= 11 is 0. The van der Waals surface area contributed by atoms with Crippen molar-refractivity contribution in [1.29, 1.82) is 0 Å². The molecule has 0 aromatic rings. The molecule has 1 aliphatic rings. The standard InChI is InChI=1S/C13H19NO5/c1-8-5-6-9(2)14(8)11(15)7-10(12(16)18-3)13(17)19-4/h7-9H,5-6H2,1-4H3/t8-,9-/m0/s1. The fourth-order valence-electron chi connectivity index (χ4n) is 2.25. The minimum Gasteiger partial charge on any atom is -0.465 e. The van der Waals surface area contributed by atoms with Crippen LogP contribution < -0.4 is 0 Å². The summed E-state index contributed by atoms with van der Waals surface area (Å²) in [4.78, 5) is 36.7. The monoisotopic (exact) mass is 269 g/mol. The highest BCUT2D eigenvalue weighted by atomic mass is 16.5. The molecule has 0 radical (unpaired) electrons. The van der Waals surface area contributed by atoms with Crippen LogP contribution in [0, 0.1) is 0 Å². The molecule has 19 heavy (non-hydrogen) atoms. The van der Waals surface area contributed by atoms with Crippen LogP contribution in [-0.4, -0.2) is 49.0 Å². The molecule has 6 heteroatoms. The second kappa shape index (κ2) is 6.36. The van der Waals surface area contributed by atoms with Gasteiger partial charge in [0.25, 0.3) is 0 Å². The van der Waals surface area contributed by atoms with Gasteiger partial charge in [0.15, 0.2) is 0 Å². The maximum absolute atomic E-state index is 12.2. The van der Waals surface area contributed by atoms with Crippen molar-refractivity contribution in [3.8, 4) is 0 Å². The highest BCUT2D eigenvalue weighted by Gasteiger charge is 2.32. The summed E-state index contributed by atoms with van der Waals surface area (Å²) in [5, 5.41) is 0. The molecule has 0 unspecified atom stereocenters. The fourth-order valence-corrected chi connectivity index (χ4v) is 2.25. The van der Waals surface area contributed by atoms with Gasteiger partial charge in [0.2, 0.25) is 5.91 Å². The molecule has 2 atom stereocenters. The van der Waals surface area contributed by atoms with Gasteiger partial charge in [0, 0.05) is 18.2 Å². The van der Waals surface area contributed by atoms with Crippen molar-refractivity contribution in [2.45, 2.75) is 38.8 Å². The summed E-state index contributed by atoms with van der Waals surface area (Å²) in [6.45, 7) is 3.87. The number of rotatable bonds is 3. The molecule has 1 aliphatic heterocycles. The van der Waals surface area contributed by atoms with Gasteiger partial charge in [0.1, 0.15) is 5.57 Å². The summed E-state index contributed by atoms with van der Waals surface area (Å²) < 4.78 is 8.95. The van der Waals surface area contributed by atoms with E-state index in [9.17, 15) is 14.4 Å². The van der Waals surface area contributed by atoms with Crippen molar-refractivity contribution in [2.24, 2.45) is 0 Å². The van der Waals surface area contributed by atoms with Crippen LogP contribution in [0.5, 0.6) is 0 Å². The molecule has 1 fully saturated rings. The van der Waals surface area contributed by atoms with Crippen molar-refractivity contribution in [3.05, 3.63) is 11.6 Å². The fraction of sp³-hybridized carbons (Fsp3) is 0.615. The minimum atomic E-state index is -0.875. The number of carbonyl (C=O) groups excluding carboxylic acids is 3. The molecule has 1 rings (SSSR count). The van der Waals surface area contributed by atoms with E-state index in [0.29, 0.717) is 0 Å². The smallest absolute Gasteiger partial charge is 0.345 e. The summed E-state index contributed by atoms with van der Waals surface area (Å²) in [5.41, 5.74) is -0.388. The number of likely N-dealkylation sites (tertiary alicyclic amines) is 1. The van der Waals surface area contributed by atoms with Gasteiger partial charge in [-0.05, 0) is 26.7 Å². The van der Waals surface area contributed by atoms with E-state index in [4.69, 9.17) is 0 Å². The average molecular weight is 269 g/mol. The van der Waals surface area contributed by atoms with E-state index < -0.39 is 11.9 Å². The van der Waals surface area contributed by atoms with Crippen molar-refractivity contribution in [2.75, 3.05) is 14.2 Å². The van der Waals surface area contributed by atoms with Crippen LogP contribution in [0.15, 0.2) is 11.6 Å². The third-order valence-corrected chi connectivity index (χ3v) is 3.28. The van der Waals surface area contributed by atoms with E-state index in [0.717, 1.165) is 33.1 Å². The SMILES string of the molecule is COC(=O)C(=CC(=O)N1[C@@H](C)CC[C@@H]1C)C(=O)OC. The maximum atomic E-state index is 12.2. The Kier molecular flexibility index (Phi) is 5.09. The average Bonchev–Trinajstić information content (AvgIpc) is 2.73. The molecule has 1 amide bonds. The van der Waals surface area contributed by atoms with Gasteiger partial charge in [-0.15, -0.1) is 0 Å². The lowest BCUT2D eigenvalue weighted by Gasteiger charge is -2.25. The zero-order valence-corrected chi connectivity index (χ0v) is 11.6. The van der Waals surface area contributed by atoms with Crippen molar-refractivity contribution in [3.63, 3.8) is 0 Å². The first-order chi connectivity index (χ1) is 8.92. The van der Waals surface area contributed by atoms with E-state index >= 15 is 0 Å².